The third kappa shape index (κ3) is 3.52. The molecule has 0 bridgehead atoms. The van der Waals surface area contributed by atoms with E-state index in [1.807, 2.05) is 12.1 Å². The van der Waals surface area contributed by atoms with E-state index in [1.54, 1.807) is 22.7 Å². The molecular formula is C15H16N4OS. The lowest BCUT2D eigenvalue weighted by atomic mass is 10.1. The van der Waals surface area contributed by atoms with Crippen molar-refractivity contribution in [2.45, 2.75) is 31.3 Å². The molecule has 0 amide bonds. The first-order valence-corrected chi connectivity index (χ1v) is 7.68. The van der Waals surface area contributed by atoms with Crippen LogP contribution in [0.5, 0.6) is 0 Å². The van der Waals surface area contributed by atoms with E-state index in [0.29, 0.717) is 6.54 Å². The molecule has 0 radical (unpaired) electrons. The van der Waals surface area contributed by atoms with Crippen molar-refractivity contribution in [3.63, 3.8) is 0 Å². The van der Waals surface area contributed by atoms with Gasteiger partial charge in [-0.05, 0) is 42.0 Å². The standard InChI is InChI=1S/C15H16N4OS/c1-11-6-12(2)8-13(7-11)10-21-15-16-17-18-19(15)9-14-4-3-5-20-14/h3-8H,9-10H2,1-2H3. The molecule has 0 aliphatic heterocycles. The Bertz CT molecular complexity index is 701. The highest BCUT2D eigenvalue weighted by molar-refractivity contribution is 7.98. The van der Waals surface area contributed by atoms with Crippen molar-refractivity contribution < 1.29 is 4.42 Å². The summed E-state index contributed by atoms with van der Waals surface area (Å²) in [5, 5.41) is 12.6. The Kier molecular flexibility index (Phi) is 4.06. The van der Waals surface area contributed by atoms with Gasteiger partial charge in [-0.2, -0.15) is 0 Å². The summed E-state index contributed by atoms with van der Waals surface area (Å²) in [6, 6.07) is 10.3. The number of hydrogen-bond donors (Lipinski definition) is 0. The van der Waals surface area contributed by atoms with Gasteiger partial charge >= 0.3 is 0 Å². The lowest BCUT2D eigenvalue weighted by Gasteiger charge is -2.05. The minimum Gasteiger partial charge on any atom is -0.467 e. The fraction of sp³-hybridized carbons (Fsp3) is 0.267. The Morgan fingerprint density at radius 2 is 2.00 bits per heavy atom. The largest absolute Gasteiger partial charge is 0.467 e. The van der Waals surface area contributed by atoms with Gasteiger partial charge in [0.1, 0.15) is 12.3 Å². The zero-order valence-electron chi connectivity index (χ0n) is 12.0. The fourth-order valence-corrected chi connectivity index (χ4v) is 3.06. The number of tetrazole rings is 1. The van der Waals surface area contributed by atoms with Gasteiger partial charge in [0, 0.05) is 5.75 Å². The highest BCUT2D eigenvalue weighted by Gasteiger charge is 2.09. The molecule has 0 aliphatic rings. The topological polar surface area (TPSA) is 56.7 Å². The molecule has 3 aromatic rings. The second-order valence-electron chi connectivity index (χ2n) is 4.98. The number of rotatable bonds is 5. The molecule has 6 heteroatoms. The second-order valence-corrected chi connectivity index (χ2v) is 5.93. The first-order chi connectivity index (χ1) is 10.2. The molecule has 108 valence electrons. The Morgan fingerprint density at radius 3 is 2.71 bits per heavy atom. The summed E-state index contributed by atoms with van der Waals surface area (Å²) < 4.78 is 7.09. The predicted molar refractivity (Wildman–Crippen MR) is 81.1 cm³/mol. The molecule has 2 aromatic heterocycles. The molecule has 0 saturated carbocycles. The Morgan fingerprint density at radius 1 is 1.19 bits per heavy atom. The minimum atomic E-state index is 0.551. The number of aryl methyl sites for hydroxylation is 2. The van der Waals surface area contributed by atoms with Crippen molar-refractivity contribution in [3.05, 3.63) is 59.0 Å². The van der Waals surface area contributed by atoms with E-state index in [2.05, 4.69) is 47.6 Å². The zero-order valence-corrected chi connectivity index (χ0v) is 12.8. The lowest BCUT2D eigenvalue weighted by molar-refractivity contribution is 0.462. The molecule has 1 aromatic carbocycles. The van der Waals surface area contributed by atoms with Crippen LogP contribution in [-0.4, -0.2) is 20.2 Å². The van der Waals surface area contributed by atoms with Gasteiger partial charge in [-0.3, -0.25) is 0 Å². The maximum Gasteiger partial charge on any atom is 0.210 e. The zero-order chi connectivity index (χ0) is 14.7. The van der Waals surface area contributed by atoms with Crippen LogP contribution in [0.4, 0.5) is 0 Å². The van der Waals surface area contributed by atoms with Crippen LogP contribution >= 0.6 is 11.8 Å². The highest BCUT2D eigenvalue weighted by atomic mass is 32.2. The maximum absolute atomic E-state index is 5.33. The third-order valence-corrected chi connectivity index (χ3v) is 4.06. The first kappa shape index (κ1) is 13.9. The van der Waals surface area contributed by atoms with E-state index in [4.69, 9.17) is 4.42 Å². The van der Waals surface area contributed by atoms with E-state index < -0.39 is 0 Å². The predicted octanol–water partition coefficient (Wildman–Crippen LogP) is 3.22. The highest BCUT2D eigenvalue weighted by Crippen LogP contribution is 2.22. The van der Waals surface area contributed by atoms with Crippen LogP contribution in [0.1, 0.15) is 22.5 Å². The van der Waals surface area contributed by atoms with Crippen molar-refractivity contribution in [3.8, 4) is 0 Å². The van der Waals surface area contributed by atoms with E-state index in [1.165, 1.54) is 16.7 Å². The third-order valence-electron chi connectivity index (χ3n) is 3.03. The van der Waals surface area contributed by atoms with Crippen LogP contribution in [0.2, 0.25) is 0 Å². The van der Waals surface area contributed by atoms with Gasteiger partial charge in [0.25, 0.3) is 0 Å². The normalized spacial score (nSPS) is 11.0. The smallest absolute Gasteiger partial charge is 0.210 e. The molecular weight excluding hydrogens is 284 g/mol. The van der Waals surface area contributed by atoms with Gasteiger partial charge in [0.2, 0.25) is 5.16 Å². The van der Waals surface area contributed by atoms with Crippen molar-refractivity contribution in [1.82, 2.24) is 20.2 Å². The van der Waals surface area contributed by atoms with Crippen molar-refractivity contribution in [2.75, 3.05) is 0 Å². The van der Waals surface area contributed by atoms with Gasteiger partial charge in [-0.25, -0.2) is 4.68 Å². The molecule has 0 aliphatic carbocycles. The number of furan rings is 1. The van der Waals surface area contributed by atoms with Crippen LogP contribution in [0.15, 0.2) is 46.2 Å². The summed E-state index contributed by atoms with van der Waals surface area (Å²) in [5.41, 5.74) is 3.84. The van der Waals surface area contributed by atoms with E-state index in [9.17, 15) is 0 Å². The van der Waals surface area contributed by atoms with Gasteiger partial charge < -0.3 is 4.42 Å². The lowest BCUT2D eigenvalue weighted by Crippen LogP contribution is -2.03. The molecule has 0 spiro atoms. The number of aromatic nitrogens is 4. The van der Waals surface area contributed by atoms with Gasteiger partial charge in [0.15, 0.2) is 0 Å². The second kappa shape index (κ2) is 6.13. The number of thioether (sulfide) groups is 1. The van der Waals surface area contributed by atoms with Gasteiger partial charge in [-0.15, -0.1) is 5.10 Å². The quantitative estimate of drug-likeness (QED) is 0.677. The molecule has 3 rings (SSSR count). The van der Waals surface area contributed by atoms with Gasteiger partial charge in [-0.1, -0.05) is 41.1 Å². The molecule has 0 fully saturated rings. The summed E-state index contributed by atoms with van der Waals surface area (Å²) in [7, 11) is 0. The number of nitrogens with zero attached hydrogens (tertiary/aromatic N) is 4. The Hall–Kier alpha value is -2.08. The average molecular weight is 300 g/mol. The molecule has 0 atom stereocenters. The van der Waals surface area contributed by atoms with Crippen LogP contribution in [0.3, 0.4) is 0 Å². The number of hydrogen-bond acceptors (Lipinski definition) is 5. The molecule has 2 heterocycles. The van der Waals surface area contributed by atoms with Crippen molar-refractivity contribution in [2.24, 2.45) is 0 Å². The van der Waals surface area contributed by atoms with Crippen LogP contribution in [0.25, 0.3) is 0 Å². The van der Waals surface area contributed by atoms with Crippen molar-refractivity contribution in [1.29, 1.82) is 0 Å². The summed E-state index contributed by atoms with van der Waals surface area (Å²) in [6.07, 6.45) is 1.65. The van der Waals surface area contributed by atoms with E-state index >= 15 is 0 Å². The summed E-state index contributed by atoms with van der Waals surface area (Å²) in [4.78, 5) is 0. The summed E-state index contributed by atoms with van der Waals surface area (Å²) in [6.45, 7) is 4.78. The van der Waals surface area contributed by atoms with Crippen LogP contribution < -0.4 is 0 Å². The monoisotopic (exact) mass is 300 g/mol. The first-order valence-electron chi connectivity index (χ1n) is 6.69. The van der Waals surface area contributed by atoms with Gasteiger partial charge in [0.05, 0.1) is 6.26 Å². The summed E-state index contributed by atoms with van der Waals surface area (Å²) in [5.74, 6) is 1.69. The van der Waals surface area contributed by atoms with Crippen LogP contribution in [-0.2, 0) is 12.3 Å². The number of benzene rings is 1. The molecule has 0 saturated heterocycles. The van der Waals surface area contributed by atoms with E-state index in [0.717, 1.165) is 16.7 Å². The molecule has 5 nitrogen and oxygen atoms in total. The average Bonchev–Trinajstić information content (AvgIpc) is 3.08. The minimum absolute atomic E-state index is 0.551. The Balaban J connectivity index is 1.69. The molecule has 21 heavy (non-hydrogen) atoms. The fourth-order valence-electron chi connectivity index (χ4n) is 2.25. The SMILES string of the molecule is Cc1cc(C)cc(CSc2nnnn2Cc2ccco2)c1. The maximum atomic E-state index is 5.33. The van der Waals surface area contributed by atoms with Crippen molar-refractivity contribution >= 4 is 11.8 Å². The van der Waals surface area contributed by atoms with Crippen LogP contribution in [0, 0.1) is 13.8 Å². The van der Waals surface area contributed by atoms with E-state index in [-0.39, 0.29) is 0 Å². The Labute approximate surface area is 127 Å². The molecule has 0 unspecified atom stereocenters. The summed E-state index contributed by atoms with van der Waals surface area (Å²) >= 11 is 1.63. The molecule has 0 N–H and O–H groups in total.